The van der Waals surface area contributed by atoms with Crippen LogP contribution in [-0.4, -0.2) is 43.0 Å². The van der Waals surface area contributed by atoms with Crippen molar-refractivity contribution in [3.8, 4) is 6.07 Å². The Hall–Kier alpha value is -1.70. The fourth-order valence-electron chi connectivity index (χ4n) is 2.04. The molecule has 0 saturated carbocycles. The summed E-state index contributed by atoms with van der Waals surface area (Å²) < 4.78 is 5.25. The molecule has 4 nitrogen and oxygen atoms in total. The minimum absolute atomic E-state index is 0.0947. The largest absolute Gasteiger partial charge is 0.361 e. The molecule has 1 saturated heterocycles. The van der Waals surface area contributed by atoms with Crippen molar-refractivity contribution in [2.24, 2.45) is 0 Å². The number of Topliss-reactive ketones (excluding diaryl/α,β-unsaturated/α-hetero) is 1. The minimum atomic E-state index is -0.413. The van der Waals surface area contributed by atoms with Gasteiger partial charge >= 0.3 is 0 Å². The third-order valence-corrected chi connectivity index (χ3v) is 3.00. The predicted molar refractivity (Wildman–Crippen MR) is 67.3 cm³/mol. The summed E-state index contributed by atoms with van der Waals surface area (Å²) in [5.74, 6) is 0.0947. The van der Waals surface area contributed by atoms with Crippen molar-refractivity contribution in [2.45, 2.75) is 13.0 Å². The van der Waals surface area contributed by atoms with Crippen LogP contribution in [0, 0.1) is 18.3 Å². The van der Waals surface area contributed by atoms with E-state index in [1.165, 1.54) is 0 Å². The van der Waals surface area contributed by atoms with Crippen LogP contribution < -0.4 is 0 Å². The molecule has 94 valence electrons. The molecule has 0 radical (unpaired) electrons. The van der Waals surface area contributed by atoms with E-state index in [1.54, 1.807) is 0 Å². The molecule has 1 atom stereocenters. The first-order valence-corrected chi connectivity index (χ1v) is 6.02. The zero-order valence-electron chi connectivity index (χ0n) is 10.4. The molecule has 0 amide bonds. The molecule has 1 aromatic carbocycles. The van der Waals surface area contributed by atoms with Crippen molar-refractivity contribution < 1.29 is 9.53 Å². The zero-order valence-corrected chi connectivity index (χ0v) is 10.4. The number of carbonyl (C=O) groups is 1. The maximum Gasteiger partial charge on any atom is 0.176 e. The lowest BCUT2D eigenvalue weighted by molar-refractivity contribution is 0.00241. The number of hydrogen-bond acceptors (Lipinski definition) is 4. The number of benzene rings is 1. The van der Waals surface area contributed by atoms with Gasteiger partial charge in [0, 0.05) is 18.7 Å². The van der Waals surface area contributed by atoms with Crippen LogP contribution in [0.3, 0.4) is 0 Å². The Labute approximate surface area is 107 Å². The Balaban J connectivity index is 1.97. The number of carbonyl (C=O) groups excluding carboxylic acids is 1. The second-order valence-electron chi connectivity index (χ2n) is 4.52. The third-order valence-electron chi connectivity index (χ3n) is 3.00. The number of rotatable bonds is 3. The summed E-state index contributed by atoms with van der Waals surface area (Å²) in [7, 11) is 0. The van der Waals surface area contributed by atoms with Crippen molar-refractivity contribution in [1.29, 1.82) is 5.26 Å². The van der Waals surface area contributed by atoms with Crippen LogP contribution in [0.25, 0.3) is 0 Å². The van der Waals surface area contributed by atoms with Crippen LogP contribution in [0.4, 0.5) is 0 Å². The summed E-state index contributed by atoms with van der Waals surface area (Å²) in [6, 6.07) is 9.66. The Morgan fingerprint density at radius 2 is 2.44 bits per heavy atom. The summed E-state index contributed by atoms with van der Waals surface area (Å²) in [6.45, 7) is 4.05. The van der Waals surface area contributed by atoms with Gasteiger partial charge in [-0.2, -0.15) is 5.26 Å². The van der Waals surface area contributed by atoms with E-state index in [1.807, 2.05) is 36.1 Å². The van der Waals surface area contributed by atoms with Gasteiger partial charge in [0.05, 0.1) is 19.2 Å². The standard InChI is InChI=1S/C14H16N2O2/c1-11-3-2-4-12(7-11)14(17)10-16-5-6-18-13(8-15)9-16/h2-4,7,13H,5-6,9-10H2,1H3. The Kier molecular flexibility index (Phi) is 4.08. The topological polar surface area (TPSA) is 53.3 Å². The molecule has 18 heavy (non-hydrogen) atoms. The number of hydrogen-bond donors (Lipinski definition) is 0. The lowest BCUT2D eigenvalue weighted by atomic mass is 10.1. The number of nitrogens with zero attached hydrogens (tertiary/aromatic N) is 2. The van der Waals surface area contributed by atoms with Gasteiger partial charge in [0.1, 0.15) is 0 Å². The van der Waals surface area contributed by atoms with Gasteiger partial charge in [-0.1, -0.05) is 23.8 Å². The molecule has 0 aliphatic carbocycles. The number of nitriles is 1. The van der Waals surface area contributed by atoms with Gasteiger partial charge in [0.2, 0.25) is 0 Å². The summed E-state index contributed by atoms with van der Waals surface area (Å²) in [5, 5.41) is 8.81. The maximum atomic E-state index is 12.1. The molecule has 0 spiro atoms. The number of ether oxygens (including phenoxy) is 1. The number of aryl methyl sites for hydroxylation is 1. The smallest absolute Gasteiger partial charge is 0.176 e. The Morgan fingerprint density at radius 3 is 3.17 bits per heavy atom. The van der Waals surface area contributed by atoms with Crippen LogP contribution in [0.5, 0.6) is 0 Å². The van der Waals surface area contributed by atoms with Gasteiger partial charge in [-0.3, -0.25) is 9.69 Å². The van der Waals surface area contributed by atoms with Gasteiger partial charge < -0.3 is 4.74 Å². The van der Waals surface area contributed by atoms with Crippen molar-refractivity contribution >= 4 is 5.78 Å². The van der Waals surface area contributed by atoms with Gasteiger partial charge in [-0.15, -0.1) is 0 Å². The molecule has 0 aromatic heterocycles. The average molecular weight is 244 g/mol. The summed E-state index contributed by atoms with van der Waals surface area (Å²) in [5.41, 5.74) is 1.81. The molecular weight excluding hydrogens is 228 g/mol. The predicted octanol–water partition coefficient (Wildman–Crippen LogP) is 1.40. The van der Waals surface area contributed by atoms with Crippen LogP contribution in [0.1, 0.15) is 15.9 Å². The molecular formula is C14H16N2O2. The zero-order chi connectivity index (χ0) is 13.0. The van der Waals surface area contributed by atoms with Gasteiger partial charge in [-0.25, -0.2) is 0 Å². The monoisotopic (exact) mass is 244 g/mol. The summed E-state index contributed by atoms with van der Waals surface area (Å²) in [6.07, 6.45) is -0.413. The normalized spacial score (nSPS) is 20.3. The first kappa shape index (κ1) is 12.7. The highest BCUT2D eigenvalue weighted by Gasteiger charge is 2.22. The number of ketones is 1. The van der Waals surface area contributed by atoms with E-state index in [4.69, 9.17) is 10.00 Å². The maximum absolute atomic E-state index is 12.1. The lowest BCUT2D eigenvalue weighted by Gasteiger charge is -2.28. The molecule has 1 heterocycles. The first-order valence-electron chi connectivity index (χ1n) is 6.02. The van der Waals surface area contributed by atoms with Crippen LogP contribution in [-0.2, 0) is 4.74 Å². The minimum Gasteiger partial charge on any atom is -0.361 e. The highest BCUT2D eigenvalue weighted by molar-refractivity contribution is 5.97. The highest BCUT2D eigenvalue weighted by Crippen LogP contribution is 2.09. The van der Waals surface area contributed by atoms with E-state index in [9.17, 15) is 4.79 Å². The van der Waals surface area contributed by atoms with E-state index in [2.05, 4.69) is 6.07 Å². The van der Waals surface area contributed by atoms with Crippen LogP contribution >= 0.6 is 0 Å². The van der Waals surface area contributed by atoms with E-state index < -0.39 is 6.10 Å². The summed E-state index contributed by atoms with van der Waals surface area (Å²) in [4.78, 5) is 14.1. The SMILES string of the molecule is Cc1cccc(C(=O)CN2CCOC(C#N)C2)c1. The number of morpholine rings is 1. The van der Waals surface area contributed by atoms with Crippen molar-refractivity contribution in [2.75, 3.05) is 26.2 Å². The first-order chi connectivity index (χ1) is 8.69. The molecule has 1 aromatic rings. The summed E-state index contributed by atoms with van der Waals surface area (Å²) >= 11 is 0. The molecule has 1 aliphatic heterocycles. The molecule has 0 N–H and O–H groups in total. The molecule has 1 fully saturated rings. The van der Waals surface area contributed by atoms with E-state index >= 15 is 0 Å². The fraction of sp³-hybridized carbons (Fsp3) is 0.429. The van der Waals surface area contributed by atoms with Crippen LogP contribution in [0.15, 0.2) is 24.3 Å². The molecule has 2 rings (SSSR count). The second kappa shape index (κ2) is 5.76. The molecule has 0 bridgehead atoms. The second-order valence-corrected chi connectivity index (χ2v) is 4.52. The lowest BCUT2D eigenvalue weighted by Crippen LogP contribution is -2.44. The van der Waals surface area contributed by atoms with E-state index in [0.29, 0.717) is 26.2 Å². The van der Waals surface area contributed by atoms with Crippen molar-refractivity contribution in [3.63, 3.8) is 0 Å². The molecule has 1 unspecified atom stereocenters. The van der Waals surface area contributed by atoms with Gasteiger partial charge in [-0.05, 0) is 13.0 Å². The molecule has 4 heteroatoms. The van der Waals surface area contributed by atoms with E-state index in [0.717, 1.165) is 11.1 Å². The van der Waals surface area contributed by atoms with Crippen molar-refractivity contribution in [1.82, 2.24) is 4.90 Å². The van der Waals surface area contributed by atoms with E-state index in [-0.39, 0.29) is 5.78 Å². The highest BCUT2D eigenvalue weighted by atomic mass is 16.5. The van der Waals surface area contributed by atoms with Crippen LogP contribution in [0.2, 0.25) is 0 Å². The Bertz CT molecular complexity index is 479. The molecule has 1 aliphatic rings. The quantitative estimate of drug-likeness (QED) is 0.754. The Morgan fingerprint density at radius 1 is 1.61 bits per heavy atom. The average Bonchev–Trinajstić information content (AvgIpc) is 2.39. The third kappa shape index (κ3) is 3.16. The fourth-order valence-corrected chi connectivity index (χ4v) is 2.04. The van der Waals surface area contributed by atoms with Gasteiger partial charge in [0.15, 0.2) is 11.9 Å². The van der Waals surface area contributed by atoms with Gasteiger partial charge in [0.25, 0.3) is 0 Å². The van der Waals surface area contributed by atoms with Crippen molar-refractivity contribution in [3.05, 3.63) is 35.4 Å².